The molecular formula is C23H25NO4. The number of esters is 1. The van der Waals surface area contributed by atoms with E-state index in [1.54, 1.807) is 18.2 Å². The van der Waals surface area contributed by atoms with Crippen LogP contribution in [0.3, 0.4) is 0 Å². The minimum atomic E-state index is -0.277. The normalized spacial score (nSPS) is 28.6. The summed E-state index contributed by atoms with van der Waals surface area (Å²) in [5.41, 5.74) is 2.92. The minimum Gasteiger partial charge on any atom is -0.504 e. The molecule has 0 radical (unpaired) electrons. The van der Waals surface area contributed by atoms with Crippen molar-refractivity contribution in [3.05, 3.63) is 59.2 Å². The van der Waals surface area contributed by atoms with Gasteiger partial charge < -0.3 is 19.5 Å². The molecule has 0 amide bonds. The van der Waals surface area contributed by atoms with Crippen molar-refractivity contribution in [2.75, 3.05) is 13.6 Å². The summed E-state index contributed by atoms with van der Waals surface area (Å²) in [5.74, 6) is 0.587. The summed E-state index contributed by atoms with van der Waals surface area (Å²) in [6, 6.07) is 12.9. The fourth-order valence-electron chi connectivity index (χ4n) is 5.23. The molecule has 1 aliphatic carbocycles. The number of hydrogen-bond donors (Lipinski definition) is 1. The van der Waals surface area contributed by atoms with Crippen LogP contribution in [0.25, 0.3) is 0 Å². The molecular weight excluding hydrogens is 354 g/mol. The number of aromatic hydroxyl groups is 1. The van der Waals surface area contributed by atoms with Crippen LogP contribution in [0.1, 0.15) is 47.2 Å². The van der Waals surface area contributed by atoms with E-state index in [0.29, 0.717) is 17.7 Å². The largest absolute Gasteiger partial charge is 0.504 e. The van der Waals surface area contributed by atoms with E-state index < -0.39 is 0 Å². The SMILES string of the molecule is CN1CC[C@@]23CC[C@H](OC(=O)c4ccccc4)C[C@@H]2Oc2c(O)ccc(c23)C1. The predicted octanol–water partition coefficient (Wildman–Crippen LogP) is 3.64. The molecule has 0 aromatic heterocycles. The fraction of sp³-hybridized carbons (Fsp3) is 0.435. The van der Waals surface area contributed by atoms with Gasteiger partial charge >= 0.3 is 5.97 Å². The monoisotopic (exact) mass is 379 g/mol. The molecule has 146 valence electrons. The number of hydrogen-bond acceptors (Lipinski definition) is 5. The van der Waals surface area contributed by atoms with Gasteiger partial charge in [-0.25, -0.2) is 4.79 Å². The van der Waals surface area contributed by atoms with Crippen LogP contribution >= 0.6 is 0 Å². The molecule has 5 nitrogen and oxygen atoms in total. The number of ether oxygens (including phenoxy) is 2. The van der Waals surface area contributed by atoms with E-state index in [2.05, 4.69) is 11.9 Å². The van der Waals surface area contributed by atoms with Crippen molar-refractivity contribution in [1.82, 2.24) is 4.90 Å². The maximum atomic E-state index is 12.5. The molecule has 0 bridgehead atoms. The third-order valence-corrected chi connectivity index (χ3v) is 6.65. The van der Waals surface area contributed by atoms with E-state index >= 15 is 0 Å². The predicted molar refractivity (Wildman–Crippen MR) is 105 cm³/mol. The Balaban J connectivity index is 1.42. The molecule has 2 aromatic carbocycles. The van der Waals surface area contributed by atoms with Crippen molar-refractivity contribution in [3.8, 4) is 11.5 Å². The Labute approximate surface area is 164 Å². The quantitative estimate of drug-likeness (QED) is 0.808. The zero-order valence-electron chi connectivity index (χ0n) is 16.1. The minimum absolute atomic E-state index is 0.0663. The van der Waals surface area contributed by atoms with Crippen LogP contribution in [-0.4, -0.2) is 41.8 Å². The number of rotatable bonds is 2. The molecule has 28 heavy (non-hydrogen) atoms. The van der Waals surface area contributed by atoms with Crippen LogP contribution in [0.4, 0.5) is 0 Å². The summed E-state index contributed by atoms with van der Waals surface area (Å²) in [6.07, 6.45) is 3.15. The lowest BCUT2D eigenvalue weighted by Crippen LogP contribution is -2.46. The van der Waals surface area contributed by atoms with Crippen molar-refractivity contribution in [2.24, 2.45) is 0 Å². The molecule has 0 unspecified atom stereocenters. The molecule has 2 heterocycles. The lowest BCUT2D eigenvalue weighted by Gasteiger charge is -2.41. The number of carbonyl (C=O) groups is 1. The Hall–Kier alpha value is -2.53. The van der Waals surface area contributed by atoms with E-state index in [9.17, 15) is 9.90 Å². The summed E-state index contributed by atoms with van der Waals surface area (Å²) in [6.45, 7) is 1.86. The molecule has 3 aliphatic rings. The standard InChI is InChI=1S/C23H25NO4/c1-24-12-11-23-10-9-17(27-22(26)15-5-3-2-4-6-15)13-19(23)28-21-18(25)8-7-16(14-24)20(21)23/h2-8,17,19,25H,9-14H2,1H3/t17-,19-,23-/m0/s1. The summed E-state index contributed by atoms with van der Waals surface area (Å²) in [7, 11) is 2.14. The molecule has 2 aromatic rings. The molecule has 3 atom stereocenters. The summed E-state index contributed by atoms with van der Waals surface area (Å²) in [4.78, 5) is 14.8. The van der Waals surface area contributed by atoms with Crippen molar-refractivity contribution >= 4 is 5.97 Å². The summed E-state index contributed by atoms with van der Waals surface area (Å²) in [5, 5.41) is 10.4. The average molecular weight is 379 g/mol. The van der Waals surface area contributed by atoms with Gasteiger partial charge in [-0.15, -0.1) is 0 Å². The summed E-state index contributed by atoms with van der Waals surface area (Å²) >= 11 is 0. The first-order valence-electron chi connectivity index (χ1n) is 10.0. The zero-order chi connectivity index (χ0) is 19.3. The second kappa shape index (κ2) is 6.52. The molecule has 1 fully saturated rings. The Morgan fingerprint density at radius 3 is 2.86 bits per heavy atom. The second-order valence-corrected chi connectivity index (χ2v) is 8.37. The van der Waals surface area contributed by atoms with Gasteiger partial charge in [0.25, 0.3) is 0 Å². The van der Waals surface area contributed by atoms with Crippen LogP contribution in [0, 0.1) is 0 Å². The van der Waals surface area contributed by atoms with E-state index in [1.165, 1.54) is 11.1 Å². The van der Waals surface area contributed by atoms with Crippen LogP contribution in [0.5, 0.6) is 11.5 Å². The topological polar surface area (TPSA) is 59.0 Å². The average Bonchev–Trinajstić information content (AvgIpc) is 2.97. The molecule has 1 N–H and O–H groups in total. The molecule has 1 saturated carbocycles. The Kier molecular flexibility index (Phi) is 4.09. The van der Waals surface area contributed by atoms with Gasteiger partial charge in [0, 0.05) is 23.9 Å². The number of phenols is 1. The van der Waals surface area contributed by atoms with Crippen LogP contribution in [0.15, 0.2) is 42.5 Å². The first kappa shape index (κ1) is 17.6. The van der Waals surface area contributed by atoms with Crippen molar-refractivity contribution in [2.45, 2.75) is 49.9 Å². The molecule has 2 aliphatic heterocycles. The third-order valence-electron chi connectivity index (χ3n) is 6.65. The zero-order valence-corrected chi connectivity index (χ0v) is 16.1. The van der Waals surface area contributed by atoms with Gasteiger partial charge in [-0.05, 0) is 56.6 Å². The number of phenolic OH excluding ortho intramolecular Hbond substituents is 1. The molecule has 5 rings (SSSR count). The molecule has 5 heteroatoms. The first-order chi connectivity index (χ1) is 13.6. The van der Waals surface area contributed by atoms with Gasteiger partial charge in [-0.3, -0.25) is 0 Å². The summed E-state index contributed by atoms with van der Waals surface area (Å²) < 4.78 is 12.1. The lowest BCUT2D eigenvalue weighted by molar-refractivity contribution is -0.0166. The Morgan fingerprint density at radius 2 is 2.04 bits per heavy atom. The van der Waals surface area contributed by atoms with Gasteiger partial charge in [0.2, 0.25) is 0 Å². The Morgan fingerprint density at radius 1 is 1.21 bits per heavy atom. The number of carbonyl (C=O) groups excluding carboxylic acids is 1. The first-order valence-corrected chi connectivity index (χ1v) is 10.0. The van der Waals surface area contributed by atoms with Crippen molar-refractivity contribution in [1.29, 1.82) is 0 Å². The number of nitrogens with zero attached hydrogens (tertiary/aromatic N) is 1. The smallest absolute Gasteiger partial charge is 0.338 e. The number of benzene rings is 2. The van der Waals surface area contributed by atoms with Crippen LogP contribution < -0.4 is 4.74 Å². The van der Waals surface area contributed by atoms with E-state index in [4.69, 9.17) is 9.47 Å². The highest BCUT2D eigenvalue weighted by atomic mass is 16.5. The molecule has 0 saturated heterocycles. The highest BCUT2D eigenvalue weighted by Gasteiger charge is 2.55. The van der Waals surface area contributed by atoms with E-state index in [0.717, 1.165) is 32.4 Å². The second-order valence-electron chi connectivity index (χ2n) is 8.37. The van der Waals surface area contributed by atoms with Crippen LogP contribution in [-0.2, 0) is 16.7 Å². The Bertz CT molecular complexity index is 912. The van der Waals surface area contributed by atoms with Crippen LogP contribution in [0.2, 0.25) is 0 Å². The fourth-order valence-corrected chi connectivity index (χ4v) is 5.23. The van der Waals surface area contributed by atoms with Gasteiger partial charge in [0.1, 0.15) is 12.2 Å². The third kappa shape index (κ3) is 2.68. The van der Waals surface area contributed by atoms with Gasteiger partial charge in [-0.1, -0.05) is 24.3 Å². The van der Waals surface area contributed by atoms with E-state index in [-0.39, 0.29) is 29.3 Å². The maximum Gasteiger partial charge on any atom is 0.338 e. The molecule has 1 spiro atoms. The lowest BCUT2D eigenvalue weighted by atomic mass is 9.65. The van der Waals surface area contributed by atoms with Crippen molar-refractivity contribution in [3.63, 3.8) is 0 Å². The maximum absolute atomic E-state index is 12.5. The van der Waals surface area contributed by atoms with Gasteiger partial charge in [0.15, 0.2) is 11.5 Å². The highest BCUT2D eigenvalue weighted by molar-refractivity contribution is 5.89. The van der Waals surface area contributed by atoms with E-state index in [1.807, 2.05) is 24.3 Å². The van der Waals surface area contributed by atoms with Gasteiger partial charge in [0.05, 0.1) is 5.56 Å². The van der Waals surface area contributed by atoms with Gasteiger partial charge in [-0.2, -0.15) is 0 Å². The highest BCUT2D eigenvalue weighted by Crippen LogP contribution is 2.57. The van der Waals surface area contributed by atoms with Crippen molar-refractivity contribution < 1.29 is 19.4 Å².